The van der Waals surface area contributed by atoms with E-state index in [0.717, 1.165) is 66.3 Å². The summed E-state index contributed by atoms with van der Waals surface area (Å²) in [5.74, 6) is -0.573. The SMILES string of the molecule is CCCCCCCCCCCCCCCC(=O)OC[C@H]1O[C@H](OC[C@H]2O[C@H](OC)[C@@H](OCc3ccccc3)[C@@H]2O[C@H]2O[C@H](COC(=O)CCCCCCCCCCCCCCC)[C@@H](OCc3ccccc3)[C@@H]2OCc2ccccc2)[C@@H](OCc2ccccc2)[C@@H]1OCc1ccccc1. The van der Waals surface area contributed by atoms with E-state index in [9.17, 15) is 9.59 Å². The van der Waals surface area contributed by atoms with Crippen LogP contribution in [-0.2, 0) is 104 Å². The van der Waals surface area contributed by atoms with Crippen molar-refractivity contribution in [3.63, 3.8) is 0 Å². The average Bonchev–Trinajstić information content (AvgIpc) is 1.65. The molecule has 0 unspecified atom stereocenters. The highest BCUT2D eigenvalue weighted by Gasteiger charge is 2.55. The summed E-state index contributed by atoms with van der Waals surface area (Å²) in [7, 11) is 1.57. The van der Waals surface area contributed by atoms with Gasteiger partial charge in [-0.15, -0.1) is 0 Å². The van der Waals surface area contributed by atoms with Crippen LogP contribution in [0.1, 0.15) is 221 Å². The van der Waals surface area contributed by atoms with Crippen LogP contribution in [0, 0.1) is 0 Å². The molecule has 3 saturated heterocycles. The fourth-order valence-corrected chi connectivity index (χ4v) is 13.3. The van der Waals surface area contributed by atoms with Gasteiger partial charge in [0.1, 0.15) is 68.1 Å². The minimum Gasteiger partial charge on any atom is -0.463 e. The Labute approximate surface area is 587 Å². The van der Waals surface area contributed by atoms with Crippen LogP contribution >= 0.6 is 0 Å². The lowest BCUT2D eigenvalue weighted by molar-refractivity contribution is -0.239. The Balaban J connectivity index is 0.977. The normalized spacial score (nSPS) is 23.0. The number of ether oxygens (including phenoxy) is 13. The second kappa shape index (κ2) is 47.7. The standard InChI is InChI=1S/C83H118O15/c1-4-6-8-10-12-14-16-18-20-22-24-26-43-55-73(84)87-62-70-75(89-57-65-45-33-28-34-46-65)78(91-59-67-49-37-30-38-50-67)82(96-70)94-64-72-77(80(81(86-3)95-72)93-61-69-53-41-32-42-54-69)98-83-79(92-60-68-51-39-31-40-52-68)76(90-58-66-47-35-29-36-48-66)71(97-83)63-88-74(85)56-44-27-25-23-21-19-17-15-13-11-9-7-5-2/h28-42,45-54,70-72,75-83H,4-27,43-44,55-64H2,1-3H3/t70-,71-,72-,75-,76-,77-,78+,79+,80+,81+,82+,83-/m1/s1. The van der Waals surface area contributed by atoms with Crippen molar-refractivity contribution >= 4 is 11.9 Å². The van der Waals surface area contributed by atoms with Gasteiger partial charge in [0.2, 0.25) is 0 Å². The number of hydrogen-bond acceptors (Lipinski definition) is 15. The van der Waals surface area contributed by atoms with Crippen molar-refractivity contribution in [2.45, 2.75) is 300 Å². The largest absolute Gasteiger partial charge is 0.463 e. The number of methoxy groups -OCH3 is 1. The van der Waals surface area contributed by atoms with Crippen LogP contribution < -0.4 is 0 Å². The molecule has 3 fully saturated rings. The van der Waals surface area contributed by atoms with Gasteiger partial charge >= 0.3 is 11.9 Å². The van der Waals surface area contributed by atoms with Crippen LogP contribution in [-0.4, -0.2) is 113 Å². The van der Waals surface area contributed by atoms with Crippen LogP contribution in [0.4, 0.5) is 0 Å². The molecule has 3 aliphatic rings. The molecule has 0 radical (unpaired) electrons. The molecule has 0 spiro atoms. The van der Waals surface area contributed by atoms with Crippen LogP contribution in [0.15, 0.2) is 152 Å². The Morgan fingerprint density at radius 2 is 0.561 bits per heavy atom. The third kappa shape index (κ3) is 28.9. The zero-order chi connectivity index (χ0) is 68.3. The number of esters is 2. The fraction of sp³-hybridized carbons (Fsp3) is 0.614. The molecule has 540 valence electrons. The van der Waals surface area contributed by atoms with Crippen LogP contribution in [0.5, 0.6) is 0 Å². The maximum Gasteiger partial charge on any atom is 0.305 e. The number of rotatable bonds is 53. The zero-order valence-corrected chi connectivity index (χ0v) is 59.4. The van der Waals surface area contributed by atoms with Gasteiger partial charge in [0.05, 0.1) is 39.6 Å². The summed E-state index contributed by atoms with van der Waals surface area (Å²) in [6.07, 6.45) is 22.0. The molecule has 0 N–H and O–H groups in total. The Bertz CT molecular complexity index is 2800. The Kier molecular flexibility index (Phi) is 38.1. The summed E-state index contributed by atoms with van der Waals surface area (Å²) < 4.78 is 87.3. The van der Waals surface area contributed by atoms with Crippen molar-refractivity contribution in [3.05, 3.63) is 179 Å². The highest BCUT2D eigenvalue weighted by molar-refractivity contribution is 5.69. The first-order valence-electron chi connectivity index (χ1n) is 37.7. The topological polar surface area (TPSA) is 154 Å². The van der Waals surface area contributed by atoms with Crippen LogP contribution in [0.3, 0.4) is 0 Å². The fourth-order valence-electron chi connectivity index (χ4n) is 13.3. The molecule has 0 bridgehead atoms. The van der Waals surface area contributed by atoms with Crippen molar-refractivity contribution in [1.82, 2.24) is 0 Å². The molecule has 0 saturated carbocycles. The van der Waals surface area contributed by atoms with Gasteiger partial charge in [-0.2, -0.15) is 0 Å². The first-order valence-corrected chi connectivity index (χ1v) is 37.7. The van der Waals surface area contributed by atoms with E-state index in [1.54, 1.807) is 7.11 Å². The maximum absolute atomic E-state index is 13.6. The summed E-state index contributed by atoms with van der Waals surface area (Å²) in [5.41, 5.74) is 4.74. The quantitative estimate of drug-likeness (QED) is 0.0268. The number of carbonyl (C=O) groups is 2. The summed E-state index contributed by atoms with van der Waals surface area (Å²) in [6.45, 7) is 5.41. The van der Waals surface area contributed by atoms with E-state index >= 15 is 0 Å². The molecule has 3 heterocycles. The summed E-state index contributed by atoms with van der Waals surface area (Å²) in [5, 5.41) is 0. The third-order valence-electron chi connectivity index (χ3n) is 19.0. The monoisotopic (exact) mass is 1350 g/mol. The lowest BCUT2D eigenvalue weighted by atomic mass is 10.0. The van der Waals surface area contributed by atoms with Crippen LogP contribution in [0.25, 0.3) is 0 Å². The molecular formula is C83H118O15. The van der Waals surface area contributed by atoms with Gasteiger partial charge in [0, 0.05) is 20.0 Å². The van der Waals surface area contributed by atoms with Gasteiger partial charge < -0.3 is 61.6 Å². The third-order valence-corrected chi connectivity index (χ3v) is 19.0. The number of hydrogen-bond donors (Lipinski definition) is 0. The molecule has 98 heavy (non-hydrogen) atoms. The van der Waals surface area contributed by atoms with E-state index in [0.29, 0.717) is 12.8 Å². The molecule has 5 aromatic rings. The second-order valence-corrected chi connectivity index (χ2v) is 27.0. The van der Waals surface area contributed by atoms with E-state index in [-0.39, 0.29) is 64.8 Å². The number of benzene rings is 5. The molecule has 15 heteroatoms. The zero-order valence-electron chi connectivity index (χ0n) is 59.4. The lowest BCUT2D eigenvalue weighted by Crippen LogP contribution is -2.46. The molecule has 0 aromatic heterocycles. The molecule has 15 nitrogen and oxygen atoms in total. The second-order valence-electron chi connectivity index (χ2n) is 27.0. The highest BCUT2D eigenvalue weighted by atomic mass is 16.8. The van der Waals surface area contributed by atoms with Crippen molar-refractivity contribution in [1.29, 1.82) is 0 Å². The van der Waals surface area contributed by atoms with E-state index in [4.69, 9.17) is 61.6 Å². The summed E-state index contributed by atoms with van der Waals surface area (Å²) >= 11 is 0. The molecule has 8 rings (SSSR count). The predicted molar refractivity (Wildman–Crippen MR) is 381 cm³/mol. The van der Waals surface area contributed by atoms with Crippen molar-refractivity contribution < 1.29 is 71.2 Å². The van der Waals surface area contributed by atoms with Gasteiger partial charge in [-0.1, -0.05) is 320 Å². The number of unbranched alkanes of at least 4 members (excludes halogenated alkanes) is 24. The minimum absolute atomic E-state index is 0.0680. The van der Waals surface area contributed by atoms with Gasteiger partial charge in [-0.25, -0.2) is 0 Å². The minimum atomic E-state index is -1.10. The Morgan fingerprint density at radius 3 is 0.888 bits per heavy atom. The van der Waals surface area contributed by atoms with Gasteiger partial charge in [-0.05, 0) is 40.7 Å². The average molecular weight is 1360 g/mol. The summed E-state index contributed by atoms with van der Waals surface area (Å²) in [4.78, 5) is 27.2. The van der Waals surface area contributed by atoms with Crippen molar-refractivity contribution in [2.75, 3.05) is 26.9 Å². The molecule has 5 aromatic carbocycles. The first kappa shape index (κ1) is 78.3. The molecule has 12 atom stereocenters. The molecule has 0 amide bonds. The summed E-state index contributed by atoms with van der Waals surface area (Å²) in [6, 6.07) is 49.6. The number of carbonyl (C=O) groups excluding carboxylic acids is 2. The Morgan fingerprint density at radius 1 is 0.296 bits per heavy atom. The van der Waals surface area contributed by atoms with E-state index in [1.165, 1.54) is 128 Å². The molecular weight excluding hydrogens is 1240 g/mol. The molecule has 3 aliphatic heterocycles. The van der Waals surface area contributed by atoms with Crippen molar-refractivity contribution in [2.24, 2.45) is 0 Å². The predicted octanol–water partition coefficient (Wildman–Crippen LogP) is 18.2. The Hall–Kier alpha value is -5.40. The van der Waals surface area contributed by atoms with E-state index in [1.807, 2.05) is 152 Å². The molecule has 0 aliphatic carbocycles. The van der Waals surface area contributed by atoms with E-state index < -0.39 is 73.8 Å². The lowest BCUT2D eigenvalue weighted by Gasteiger charge is -2.30. The highest BCUT2D eigenvalue weighted by Crippen LogP contribution is 2.38. The van der Waals surface area contributed by atoms with Gasteiger partial charge in [0.15, 0.2) is 18.9 Å². The van der Waals surface area contributed by atoms with Gasteiger partial charge in [0.25, 0.3) is 0 Å². The van der Waals surface area contributed by atoms with Gasteiger partial charge in [-0.3, -0.25) is 9.59 Å². The smallest absolute Gasteiger partial charge is 0.305 e. The van der Waals surface area contributed by atoms with E-state index in [2.05, 4.69) is 13.8 Å². The van der Waals surface area contributed by atoms with Crippen molar-refractivity contribution in [3.8, 4) is 0 Å². The first-order chi connectivity index (χ1) is 48.4. The van der Waals surface area contributed by atoms with Crippen LogP contribution in [0.2, 0.25) is 0 Å². The maximum atomic E-state index is 13.6.